The van der Waals surface area contributed by atoms with Crippen molar-refractivity contribution in [1.29, 1.82) is 0 Å². The lowest BCUT2D eigenvalue weighted by molar-refractivity contribution is -0.143. The molecular weight excluding hydrogens is 517 g/mol. The molecule has 1 atom stereocenters. The van der Waals surface area contributed by atoms with Crippen molar-refractivity contribution in [2.45, 2.75) is 56.3 Å². The summed E-state index contributed by atoms with van der Waals surface area (Å²) in [7, 11) is -3.28. The second-order valence-corrected chi connectivity index (χ2v) is 12.6. The first-order valence-corrected chi connectivity index (χ1v) is 14.6. The highest BCUT2D eigenvalue weighted by atomic mass is 32.2. The van der Waals surface area contributed by atoms with Crippen molar-refractivity contribution in [2.75, 3.05) is 25.4 Å². The Labute approximate surface area is 219 Å². The van der Waals surface area contributed by atoms with Crippen molar-refractivity contribution in [3.8, 4) is 0 Å². The second-order valence-electron chi connectivity index (χ2n) is 10.3. The fourth-order valence-electron chi connectivity index (χ4n) is 5.12. The molecule has 2 aliphatic rings. The molecule has 0 unspecified atom stereocenters. The van der Waals surface area contributed by atoms with Crippen LogP contribution in [0.5, 0.6) is 0 Å². The predicted octanol–water partition coefficient (Wildman–Crippen LogP) is 4.52. The van der Waals surface area contributed by atoms with Crippen molar-refractivity contribution in [3.63, 3.8) is 0 Å². The van der Waals surface area contributed by atoms with E-state index < -0.39 is 22.6 Å². The number of likely N-dealkylation sites (tertiary alicyclic amines) is 1. The number of hydrogen-bond donors (Lipinski definition) is 1. The summed E-state index contributed by atoms with van der Waals surface area (Å²) in [6.07, 6.45) is -1.39. The molecule has 2 fully saturated rings. The van der Waals surface area contributed by atoms with Gasteiger partial charge in [0.25, 0.3) is 5.91 Å². The topological polar surface area (TPSA) is 84.3 Å². The van der Waals surface area contributed by atoms with Gasteiger partial charge in [-0.3, -0.25) is 9.69 Å². The number of carbonyl (C=O) groups is 1. The van der Waals surface area contributed by atoms with Gasteiger partial charge in [0.1, 0.15) is 5.82 Å². The highest BCUT2D eigenvalue weighted by molar-refractivity contribution is 7.91. The van der Waals surface area contributed by atoms with Crippen LogP contribution in [0.4, 0.5) is 13.2 Å². The molecule has 7 nitrogen and oxygen atoms in total. The van der Waals surface area contributed by atoms with Gasteiger partial charge in [0.15, 0.2) is 9.84 Å². The summed E-state index contributed by atoms with van der Waals surface area (Å²) in [6, 6.07) is 11.8. The Hall–Kier alpha value is -2.92. The third-order valence-corrected chi connectivity index (χ3v) is 9.06. The maximum atomic E-state index is 12.9. The van der Waals surface area contributed by atoms with Gasteiger partial charge in [-0.15, -0.1) is 0 Å². The summed E-state index contributed by atoms with van der Waals surface area (Å²) in [5, 5.41) is 2.87. The number of sulfone groups is 1. The molecule has 1 saturated heterocycles. The van der Waals surface area contributed by atoms with E-state index in [9.17, 15) is 26.4 Å². The highest BCUT2D eigenvalue weighted by Gasteiger charge is 2.36. The summed E-state index contributed by atoms with van der Waals surface area (Å²) in [4.78, 5) is 19.4. The van der Waals surface area contributed by atoms with Gasteiger partial charge in [-0.25, -0.2) is 13.4 Å². The van der Waals surface area contributed by atoms with E-state index in [1.54, 1.807) is 43.3 Å². The Morgan fingerprint density at radius 2 is 1.84 bits per heavy atom. The van der Waals surface area contributed by atoms with Crippen molar-refractivity contribution in [3.05, 3.63) is 59.4 Å². The van der Waals surface area contributed by atoms with Crippen LogP contribution in [0.15, 0.2) is 47.4 Å². The molecule has 1 aliphatic carbocycles. The fourth-order valence-corrected chi connectivity index (χ4v) is 6.00. The van der Waals surface area contributed by atoms with E-state index in [1.165, 1.54) is 4.90 Å². The van der Waals surface area contributed by atoms with Crippen LogP contribution in [0.3, 0.4) is 0 Å². The first kappa shape index (κ1) is 26.7. The van der Waals surface area contributed by atoms with Crippen LogP contribution in [0, 0.1) is 5.92 Å². The minimum atomic E-state index is -4.19. The number of rotatable bonds is 9. The Balaban J connectivity index is 1.27. The van der Waals surface area contributed by atoms with E-state index in [4.69, 9.17) is 4.98 Å². The van der Waals surface area contributed by atoms with E-state index in [0.717, 1.165) is 29.7 Å². The quantitative estimate of drug-likeness (QED) is 0.425. The molecule has 1 saturated carbocycles. The lowest BCUT2D eigenvalue weighted by Gasteiger charge is -2.18. The van der Waals surface area contributed by atoms with Gasteiger partial charge in [-0.1, -0.05) is 19.1 Å². The molecular formula is C27H31F3N4O3S. The van der Waals surface area contributed by atoms with Crippen LogP contribution in [-0.2, 0) is 22.9 Å². The number of nitrogens with zero attached hydrogens (tertiary/aromatic N) is 3. The van der Waals surface area contributed by atoms with Crippen molar-refractivity contribution >= 4 is 26.8 Å². The third-order valence-electron chi connectivity index (χ3n) is 7.31. The van der Waals surface area contributed by atoms with Crippen molar-refractivity contribution in [2.24, 2.45) is 5.92 Å². The van der Waals surface area contributed by atoms with Gasteiger partial charge in [0.2, 0.25) is 0 Å². The number of carbonyl (C=O) groups excluding carboxylic acids is 1. The van der Waals surface area contributed by atoms with Crippen LogP contribution in [0.25, 0.3) is 11.0 Å². The zero-order valence-electron chi connectivity index (χ0n) is 21.2. The number of aromatic nitrogens is 2. The average molecular weight is 549 g/mol. The number of fused-ring (bicyclic) bond motifs is 1. The van der Waals surface area contributed by atoms with Gasteiger partial charge < -0.3 is 9.88 Å². The molecule has 0 spiro atoms. The molecule has 204 valence electrons. The molecule has 1 N–H and O–H groups in total. The Morgan fingerprint density at radius 1 is 1.11 bits per heavy atom. The van der Waals surface area contributed by atoms with E-state index in [1.807, 2.05) is 6.07 Å². The van der Waals surface area contributed by atoms with Crippen LogP contribution in [0.1, 0.15) is 53.8 Å². The van der Waals surface area contributed by atoms with E-state index in [0.29, 0.717) is 43.1 Å². The first-order valence-electron chi connectivity index (χ1n) is 12.9. The standard InChI is InChI=1S/C27H31F3N4O3S/c1-2-38(36,37)22-8-3-18(4-9-22)14-31-26(35)21-7-10-24-23(13-21)32-25(20-5-6-20)34(24)16-19-11-12-33(15-19)17-27(28,29)30/h3-4,7-10,13,19-20H,2,5-6,11-12,14-17H2,1H3,(H,31,35)/t19-/m0/s1. The average Bonchev–Trinajstić information content (AvgIpc) is 3.54. The van der Waals surface area contributed by atoms with Crippen molar-refractivity contribution in [1.82, 2.24) is 19.8 Å². The highest BCUT2D eigenvalue weighted by Crippen LogP contribution is 2.41. The van der Waals surface area contributed by atoms with E-state index in [2.05, 4.69) is 9.88 Å². The Bertz CT molecular complexity index is 1430. The van der Waals surface area contributed by atoms with E-state index in [-0.39, 0.29) is 29.0 Å². The number of benzene rings is 2. The lowest BCUT2D eigenvalue weighted by atomic mass is 10.1. The Morgan fingerprint density at radius 3 is 2.50 bits per heavy atom. The molecule has 38 heavy (non-hydrogen) atoms. The van der Waals surface area contributed by atoms with Gasteiger partial charge in [-0.05, 0) is 67.6 Å². The molecule has 3 aromatic rings. The monoisotopic (exact) mass is 548 g/mol. The normalized spacial score (nSPS) is 18.8. The van der Waals surface area contributed by atoms with Crippen LogP contribution < -0.4 is 5.32 Å². The molecule has 1 aromatic heterocycles. The summed E-state index contributed by atoms with van der Waals surface area (Å²) < 4.78 is 64.5. The number of amides is 1. The number of halogens is 3. The molecule has 5 rings (SSSR count). The number of nitrogens with one attached hydrogen (secondary N) is 1. The summed E-state index contributed by atoms with van der Waals surface area (Å²) in [6.45, 7) is 2.45. The van der Waals surface area contributed by atoms with E-state index >= 15 is 0 Å². The number of hydrogen-bond acceptors (Lipinski definition) is 5. The second kappa shape index (κ2) is 10.3. The molecule has 1 aliphatic heterocycles. The molecule has 1 amide bonds. The van der Waals surface area contributed by atoms with Crippen LogP contribution in [0.2, 0.25) is 0 Å². The molecule has 2 heterocycles. The summed E-state index contributed by atoms with van der Waals surface area (Å²) >= 11 is 0. The summed E-state index contributed by atoms with van der Waals surface area (Å²) in [5.41, 5.74) is 2.85. The van der Waals surface area contributed by atoms with Gasteiger partial charge in [0, 0.05) is 31.1 Å². The minimum Gasteiger partial charge on any atom is -0.348 e. The smallest absolute Gasteiger partial charge is 0.348 e. The maximum Gasteiger partial charge on any atom is 0.401 e. The van der Waals surface area contributed by atoms with Crippen molar-refractivity contribution < 1.29 is 26.4 Å². The first-order chi connectivity index (χ1) is 18.0. The van der Waals surface area contributed by atoms with Crippen LogP contribution >= 0.6 is 0 Å². The SMILES string of the molecule is CCS(=O)(=O)c1ccc(CNC(=O)c2ccc3c(c2)nc(C2CC2)n3C[C@H]2CCN(CC(F)(F)F)C2)cc1. The largest absolute Gasteiger partial charge is 0.401 e. The van der Waals surface area contributed by atoms with Gasteiger partial charge in [0.05, 0.1) is 28.2 Å². The zero-order valence-corrected chi connectivity index (χ0v) is 22.0. The zero-order chi connectivity index (χ0) is 27.1. The fraction of sp³-hybridized carbons (Fsp3) is 0.481. The molecule has 2 aromatic carbocycles. The van der Waals surface area contributed by atoms with Gasteiger partial charge in [-0.2, -0.15) is 13.2 Å². The Kier molecular flexibility index (Phi) is 7.25. The lowest BCUT2D eigenvalue weighted by Crippen LogP contribution is -2.32. The van der Waals surface area contributed by atoms with Crippen LogP contribution in [-0.4, -0.2) is 60.3 Å². The summed E-state index contributed by atoms with van der Waals surface area (Å²) in [5.74, 6) is 1.19. The molecule has 0 bridgehead atoms. The number of imidazole rings is 1. The molecule has 0 radical (unpaired) electrons. The predicted molar refractivity (Wildman–Crippen MR) is 138 cm³/mol. The third kappa shape index (κ3) is 6.04. The minimum absolute atomic E-state index is 0.0287. The molecule has 11 heteroatoms. The van der Waals surface area contributed by atoms with Gasteiger partial charge >= 0.3 is 6.18 Å². The maximum absolute atomic E-state index is 12.9. The number of alkyl halides is 3.